The van der Waals surface area contributed by atoms with Gasteiger partial charge in [0.1, 0.15) is 12.2 Å². The Kier molecular flexibility index (Phi) is 3.84. The fourth-order valence-corrected chi connectivity index (χ4v) is 4.34. The van der Waals surface area contributed by atoms with Crippen molar-refractivity contribution in [3.63, 3.8) is 0 Å². The summed E-state index contributed by atoms with van der Waals surface area (Å²) in [6.07, 6.45) is 2.61. The van der Waals surface area contributed by atoms with Gasteiger partial charge in [0.2, 0.25) is 0 Å². The van der Waals surface area contributed by atoms with E-state index in [0.717, 1.165) is 35.4 Å². The molecule has 2 atom stereocenters. The van der Waals surface area contributed by atoms with Crippen LogP contribution in [0.15, 0.2) is 77.4 Å². The predicted octanol–water partition coefficient (Wildman–Crippen LogP) is 5.33. The Morgan fingerprint density at radius 2 is 1.72 bits per heavy atom. The van der Waals surface area contributed by atoms with Crippen molar-refractivity contribution in [3.8, 4) is 11.5 Å². The summed E-state index contributed by atoms with van der Waals surface area (Å²) in [7, 11) is 0. The van der Waals surface area contributed by atoms with Crippen LogP contribution in [0, 0.1) is 0 Å². The van der Waals surface area contributed by atoms with E-state index in [-0.39, 0.29) is 12.1 Å². The maximum Gasteiger partial charge on any atom is 0.162 e. The molecule has 3 heterocycles. The fourth-order valence-electron chi connectivity index (χ4n) is 4.34. The van der Waals surface area contributed by atoms with Crippen LogP contribution in [0.5, 0.6) is 11.5 Å². The molecule has 144 valence electrons. The molecule has 4 nitrogen and oxygen atoms in total. The number of benzene rings is 3. The number of fused-ring (bicyclic) bond motifs is 3. The van der Waals surface area contributed by atoms with E-state index in [4.69, 9.17) is 13.9 Å². The quantitative estimate of drug-likeness (QED) is 0.508. The summed E-state index contributed by atoms with van der Waals surface area (Å²) >= 11 is 0. The van der Waals surface area contributed by atoms with E-state index in [0.29, 0.717) is 6.61 Å². The maximum absolute atomic E-state index is 6.21. The van der Waals surface area contributed by atoms with Crippen LogP contribution in [0.1, 0.15) is 34.4 Å². The maximum atomic E-state index is 6.21. The van der Waals surface area contributed by atoms with Crippen LogP contribution >= 0.6 is 0 Å². The molecular formula is C25H21NO3. The highest BCUT2D eigenvalue weighted by Gasteiger charge is 2.25. The van der Waals surface area contributed by atoms with Crippen molar-refractivity contribution >= 4 is 11.0 Å². The summed E-state index contributed by atoms with van der Waals surface area (Å²) < 4.78 is 17.7. The topological polar surface area (TPSA) is 43.6 Å². The van der Waals surface area contributed by atoms with Gasteiger partial charge in [-0.3, -0.25) is 0 Å². The molecule has 29 heavy (non-hydrogen) atoms. The number of nitrogens with one attached hydrogen (secondary N) is 1. The Morgan fingerprint density at radius 3 is 2.69 bits per heavy atom. The zero-order chi connectivity index (χ0) is 19.2. The Morgan fingerprint density at radius 1 is 0.828 bits per heavy atom. The van der Waals surface area contributed by atoms with Crippen molar-refractivity contribution in [2.75, 3.05) is 6.61 Å². The second kappa shape index (κ2) is 6.68. The molecule has 2 aliphatic rings. The molecule has 0 radical (unpaired) electrons. The molecule has 0 saturated heterocycles. The van der Waals surface area contributed by atoms with Crippen LogP contribution in [0.4, 0.5) is 0 Å². The standard InChI is InChI=1S/C25H21NO3/c1-2-4-23-22(3-1)28-15-25(29-23)18-7-8-19-14-26-21(12-20(19)11-18)17-6-5-16-9-10-27-24(16)13-17/h1-11,13,21,25-26H,12,14-15H2. The van der Waals surface area contributed by atoms with E-state index in [1.54, 1.807) is 6.26 Å². The molecule has 0 saturated carbocycles. The Hall–Kier alpha value is -3.24. The molecule has 0 fully saturated rings. The van der Waals surface area contributed by atoms with Gasteiger partial charge in [-0.1, -0.05) is 42.5 Å². The zero-order valence-electron chi connectivity index (χ0n) is 15.9. The van der Waals surface area contributed by atoms with Crippen molar-refractivity contribution < 1.29 is 13.9 Å². The number of hydrogen-bond acceptors (Lipinski definition) is 4. The second-order valence-electron chi connectivity index (χ2n) is 7.75. The van der Waals surface area contributed by atoms with Gasteiger partial charge in [0.15, 0.2) is 17.6 Å². The average molecular weight is 383 g/mol. The van der Waals surface area contributed by atoms with Crippen molar-refractivity contribution in [1.29, 1.82) is 0 Å². The Balaban J connectivity index is 1.27. The molecule has 4 heteroatoms. The van der Waals surface area contributed by atoms with Crippen molar-refractivity contribution in [1.82, 2.24) is 5.32 Å². The smallest absolute Gasteiger partial charge is 0.162 e. The molecule has 1 aromatic heterocycles. The van der Waals surface area contributed by atoms with Gasteiger partial charge < -0.3 is 19.2 Å². The number of rotatable bonds is 2. The molecule has 1 N–H and O–H groups in total. The van der Waals surface area contributed by atoms with E-state index in [1.165, 1.54) is 22.3 Å². The molecule has 4 aromatic rings. The van der Waals surface area contributed by atoms with Gasteiger partial charge in [0.25, 0.3) is 0 Å². The lowest BCUT2D eigenvalue weighted by Crippen LogP contribution is -2.29. The summed E-state index contributed by atoms with van der Waals surface area (Å²) in [5.41, 5.74) is 6.08. The fraction of sp³-hybridized carbons (Fsp3) is 0.200. The minimum absolute atomic E-state index is 0.0806. The van der Waals surface area contributed by atoms with Gasteiger partial charge in [0, 0.05) is 18.0 Å². The Labute approximate surface area is 169 Å². The van der Waals surface area contributed by atoms with Crippen LogP contribution in [0.25, 0.3) is 11.0 Å². The molecule has 2 aliphatic heterocycles. The summed E-state index contributed by atoms with van der Waals surface area (Å²) in [4.78, 5) is 0. The van der Waals surface area contributed by atoms with Crippen LogP contribution < -0.4 is 14.8 Å². The minimum Gasteiger partial charge on any atom is -0.485 e. The van der Waals surface area contributed by atoms with E-state index in [1.807, 2.05) is 30.3 Å². The average Bonchev–Trinajstić information content (AvgIpc) is 3.26. The number of para-hydroxylation sites is 2. The van der Waals surface area contributed by atoms with Gasteiger partial charge in [-0.25, -0.2) is 0 Å². The van der Waals surface area contributed by atoms with Crippen LogP contribution in [-0.2, 0) is 13.0 Å². The molecule has 0 spiro atoms. The molecule has 0 aliphatic carbocycles. The van der Waals surface area contributed by atoms with Crippen molar-refractivity contribution in [2.24, 2.45) is 0 Å². The molecule has 6 rings (SSSR count). The molecular weight excluding hydrogens is 362 g/mol. The van der Waals surface area contributed by atoms with Crippen molar-refractivity contribution in [2.45, 2.75) is 25.1 Å². The third kappa shape index (κ3) is 2.97. The monoisotopic (exact) mass is 383 g/mol. The second-order valence-corrected chi connectivity index (χ2v) is 7.75. The zero-order valence-corrected chi connectivity index (χ0v) is 15.9. The van der Waals surface area contributed by atoms with Crippen LogP contribution in [0.2, 0.25) is 0 Å². The minimum atomic E-state index is -0.0806. The molecule has 2 unspecified atom stereocenters. The normalized spacial score (nSPS) is 20.4. The number of ether oxygens (including phenoxy) is 2. The first-order valence-corrected chi connectivity index (χ1v) is 10.0. The van der Waals surface area contributed by atoms with E-state index >= 15 is 0 Å². The van der Waals surface area contributed by atoms with E-state index in [2.05, 4.69) is 41.7 Å². The highest BCUT2D eigenvalue weighted by Crippen LogP contribution is 2.37. The summed E-state index contributed by atoms with van der Waals surface area (Å²) in [6.45, 7) is 1.40. The lowest BCUT2D eigenvalue weighted by atomic mass is 9.89. The molecule has 0 amide bonds. The predicted molar refractivity (Wildman–Crippen MR) is 111 cm³/mol. The van der Waals surface area contributed by atoms with Crippen LogP contribution in [-0.4, -0.2) is 6.61 Å². The van der Waals surface area contributed by atoms with Gasteiger partial charge in [-0.15, -0.1) is 0 Å². The van der Waals surface area contributed by atoms with E-state index in [9.17, 15) is 0 Å². The lowest BCUT2D eigenvalue weighted by molar-refractivity contribution is 0.0912. The van der Waals surface area contributed by atoms with Crippen molar-refractivity contribution in [3.05, 3.63) is 95.2 Å². The first kappa shape index (κ1) is 16.7. The third-order valence-corrected chi connectivity index (χ3v) is 5.96. The van der Waals surface area contributed by atoms with Gasteiger partial charge in [-0.2, -0.15) is 0 Å². The molecule has 0 bridgehead atoms. The summed E-state index contributed by atoms with van der Waals surface area (Å²) in [6, 6.07) is 23.3. The highest BCUT2D eigenvalue weighted by molar-refractivity contribution is 5.77. The van der Waals surface area contributed by atoms with Gasteiger partial charge in [-0.05, 0) is 52.9 Å². The first-order valence-electron chi connectivity index (χ1n) is 10.0. The number of furan rings is 1. The largest absolute Gasteiger partial charge is 0.485 e. The first-order chi connectivity index (χ1) is 14.3. The Bertz CT molecular complexity index is 1200. The lowest BCUT2D eigenvalue weighted by Gasteiger charge is -2.30. The summed E-state index contributed by atoms with van der Waals surface area (Å²) in [5.74, 6) is 1.63. The van der Waals surface area contributed by atoms with E-state index < -0.39 is 0 Å². The van der Waals surface area contributed by atoms with Crippen LogP contribution in [0.3, 0.4) is 0 Å². The van der Waals surface area contributed by atoms with Gasteiger partial charge >= 0.3 is 0 Å². The van der Waals surface area contributed by atoms with Gasteiger partial charge in [0.05, 0.1) is 6.26 Å². The number of hydrogen-bond donors (Lipinski definition) is 1. The summed E-state index contributed by atoms with van der Waals surface area (Å²) in [5, 5.41) is 4.80. The SMILES string of the molecule is c1ccc2c(c1)OCC(c1ccc3c(c1)CC(c1ccc4ccoc4c1)NC3)O2. The highest BCUT2D eigenvalue weighted by atomic mass is 16.6. The third-order valence-electron chi connectivity index (χ3n) is 5.96. The molecule has 3 aromatic carbocycles.